The van der Waals surface area contributed by atoms with Crippen molar-refractivity contribution in [3.63, 3.8) is 0 Å². The summed E-state index contributed by atoms with van der Waals surface area (Å²) in [6.45, 7) is 0.550. The number of fused-ring (bicyclic) bond motifs is 1. The van der Waals surface area contributed by atoms with Gasteiger partial charge in [0.15, 0.2) is 6.61 Å². The average molecular weight is 391 g/mol. The van der Waals surface area contributed by atoms with E-state index >= 15 is 0 Å². The van der Waals surface area contributed by atoms with Gasteiger partial charge >= 0.3 is 0 Å². The number of hydrogen-bond donors (Lipinski definition) is 1. The summed E-state index contributed by atoms with van der Waals surface area (Å²) in [5.41, 5.74) is 1.14. The number of carbonyl (C=O) groups is 2. The van der Waals surface area contributed by atoms with Crippen LogP contribution in [0.3, 0.4) is 0 Å². The second kappa shape index (κ2) is 8.75. The molecule has 0 aliphatic carbocycles. The Morgan fingerprint density at radius 2 is 2.04 bits per heavy atom. The van der Waals surface area contributed by atoms with Crippen molar-refractivity contribution < 1.29 is 23.8 Å². The number of hydrogen-bond acceptors (Lipinski definition) is 5. The number of benzene rings is 2. The molecule has 8 heteroatoms. The first-order valence-electron chi connectivity index (χ1n) is 8.31. The first-order chi connectivity index (χ1) is 13.1. The molecular formula is C19H19ClN2O5. The summed E-state index contributed by atoms with van der Waals surface area (Å²) in [5, 5.41) is 3.34. The summed E-state index contributed by atoms with van der Waals surface area (Å²) in [6, 6.07) is 12.1. The third kappa shape index (κ3) is 4.90. The Balaban J connectivity index is 1.69. The van der Waals surface area contributed by atoms with E-state index in [0.29, 0.717) is 41.0 Å². The molecule has 0 saturated carbocycles. The molecule has 0 saturated heterocycles. The molecule has 0 aromatic heterocycles. The van der Waals surface area contributed by atoms with Crippen molar-refractivity contribution in [2.24, 2.45) is 0 Å². The highest BCUT2D eigenvalue weighted by Crippen LogP contribution is 2.34. The van der Waals surface area contributed by atoms with Gasteiger partial charge in [-0.1, -0.05) is 11.6 Å². The quantitative estimate of drug-likeness (QED) is 0.786. The molecule has 0 bridgehead atoms. The maximum Gasteiger partial charge on any atom is 0.265 e. The molecule has 0 fully saturated rings. The fourth-order valence-electron chi connectivity index (χ4n) is 2.64. The average Bonchev–Trinajstić information content (AvgIpc) is 2.65. The lowest BCUT2D eigenvalue weighted by Gasteiger charge is -2.29. The van der Waals surface area contributed by atoms with Crippen LogP contribution in [0.4, 0.5) is 11.4 Å². The Morgan fingerprint density at radius 1 is 1.26 bits per heavy atom. The number of halogens is 1. The van der Waals surface area contributed by atoms with Gasteiger partial charge in [-0.25, -0.2) is 0 Å². The van der Waals surface area contributed by atoms with E-state index in [2.05, 4.69) is 5.32 Å². The minimum Gasteiger partial charge on any atom is -0.492 e. The predicted octanol–water partition coefficient (Wildman–Crippen LogP) is 2.73. The summed E-state index contributed by atoms with van der Waals surface area (Å²) < 4.78 is 15.9. The predicted molar refractivity (Wildman–Crippen MR) is 102 cm³/mol. The molecule has 1 N–H and O–H groups in total. The largest absolute Gasteiger partial charge is 0.492 e. The van der Waals surface area contributed by atoms with Gasteiger partial charge in [0.1, 0.15) is 24.7 Å². The van der Waals surface area contributed by atoms with Gasteiger partial charge in [0.25, 0.3) is 5.91 Å². The van der Waals surface area contributed by atoms with Crippen molar-refractivity contribution in [3.05, 3.63) is 47.5 Å². The molecule has 142 valence electrons. The Kier molecular flexibility index (Phi) is 6.16. The third-order valence-electron chi connectivity index (χ3n) is 3.86. The van der Waals surface area contributed by atoms with Crippen LogP contribution in [0.15, 0.2) is 42.5 Å². The summed E-state index contributed by atoms with van der Waals surface area (Å²) in [6.07, 6.45) is 0. The molecule has 7 nitrogen and oxygen atoms in total. The molecule has 27 heavy (non-hydrogen) atoms. The molecule has 0 unspecified atom stereocenters. The molecule has 2 aromatic rings. The first kappa shape index (κ1) is 19.0. The molecule has 0 atom stereocenters. The Labute approximate surface area is 161 Å². The van der Waals surface area contributed by atoms with E-state index in [9.17, 15) is 9.59 Å². The highest BCUT2D eigenvalue weighted by atomic mass is 35.5. The van der Waals surface area contributed by atoms with Crippen LogP contribution in [-0.2, 0) is 14.3 Å². The van der Waals surface area contributed by atoms with E-state index in [0.717, 1.165) is 0 Å². The zero-order chi connectivity index (χ0) is 19.2. The summed E-state index contributed by atoms with van der Waals surface area (Å²) in [7, 11) is 1.45. The topological polar surface area (TPSA) is 77.1 Å². The van der Waals surface area contributed by atoms with Crippen LogP contribution in [0.5, 0.6) is 11.5 Å². The van der Waals surface area contributed by atoms with Crippen LogP contribution in [0.1, 0.15) is 0 Å². The smallest absolute Gasteiger partial charge is 0.265 e. The number of nitrogens with zero attached hydrogens (tertiary/aromatic N) is 1. The molecule has 2 amide bonds. The molecule has 1 aliphatic heterocycles. The Morgan fingerprint density at radius 3 is 2.78 bits per heavy atom. The van der Waals surface area contributed by atoms with E-state index in [1.54, 1.807) is 47.4 Å². The molecule has 1 aliphatic rings. The zero-order valence-corrected chi connectivity index (χ0v) is 15.5. The minimum absolute atomic E-state index is 0.0384. The van der Waals surface area contributed by atoms with Gasteiger partial charge in [0, 0.05) is 17.8 Å². The Hall–Kier alpha value is -2.77. The van der Waals surface area contributed by atoms with Crippen molar-refractivity contribution in [1.29, 1.82) is 0 Å². The standard InChI is InChI=1S/C19H19ClN2O5/c1-25-11-18(23)21-14-4-7-17-16(10-14)22(19(24)12-27-17)8-9-26-15-5-2-13(20)3-6-15/h2-7,10H,8-9,11-12H2,1H3,(H,21,23). The monoisotopic (exact) mass is 390 g/mol. The van der Waals surface area contributed by atoms with Crippen LogP contribution in [-0.4, -0.2) is 45.3 Å². The minimum atomic E-state index is -0.280. The van der Waals surface area contributed by atoms with Gasteiger partial charge < -0.3 is 24.4 Å². The summed E-state index contributed by atoms with van der Waals surface area (Å²) in [4.78, 5) is 25.6. The number of nitrogens with one attached hydrogen (secondary N) is 1. The number of carbonyl (C=O) groups excluding carboxylic acids is 2. The first-order valence-corrected chi connectivity index (χ1v) is 8.69. The number of anilines is 2. The highest BCUT2D eigenvalue weighted by Gasteiger charge is 2.26. The Bertz CT molecular complexity index is 825. The summed E-state index contributed by atoms with van der Waals surface area (Å²) in [5.74, 6) is 0.785. The number of methoxy groups -OCH3 is 1. The lowest BCUT2D eigenvalue weighted by atomic mass is 10.2. The van der Waals surface area contributed by atoms with Crippen molar-refractivity contribution in [1.82, 2.24) is 0 Å². The van der Waals surface area contributed by atoms with Crippen LogP contribution in [0.2, 0.25) is 5.02 Å². The maximum atomic E-state index is 12.3. The van der Waals surface area contributed by atoms with Gasteiger partial charge in [0.05, 0.1) is 12.2 Å². The SMILES string of the molecule is COCC(=O)Nc1ccc2c(c1)N(CCOc1ccc(Cl)cc1)C(=O)CO2. The fourth-order valence-corrected chi connectivity index (χ4v) is 2.76. The van der Waals surface area contributed by atoms with Gasteiger partial charge in [0.2, 0.25) is 5.91 Å². The van der Waals surface area contributed by atoms with Gasteiger partial charge in [-0.15, -0.1) is 0 Å². The molecule has 0 spiro atoms. The fraction of sp³-hybridized carbons (Fsp3) is 0.263. The second-order valence-corrected chi connectivity index (χ2v) is 6.24. The number of amides is 2. The molecular weight excluding hydrogens is 372 g/mol. The summed E-state index contributed by atoms with van der Waals surface area (Å²) >= 11 is 5.85. The number of rotatable bonds is 7. The normalized spacial score (nSPS) is 13.0. The molecule has 0 radical (unpaired) electrons. The highest BCUT2D eigenvalue weighted by molar-refractivity contribution is 6.30. The van der Waals surface area contributed by atoms with Gasteiger partial charge in [-0.2, -0.15) is 0 Å². The van der Waals surface area contributed by atoms with E-state index in [4.69, 9.17) is 25.8 Å². The van der Waals surface area contributed by atoms with Gasteiger partial charge in [-0.3, -0.25) is 9.59 Å². The molecule has 2 aromatic carbocycles. The van der Waals surface area contributed by atoms with Crippen molar-refractivity contribution in [2.75, 3.05) is 43.7 Å². The van der Waals surface area contributed by atoms with E-state index in [1.165, 1.54) is 7.11 Å². The van der Waals surface area contributed by atoms with Crippen LogP contribution < -0.4 is 19.7 Å². The van der Waals surface area contributed by atoms with E-state index in [-0.39, 0.29) is 25.0 Å². The molecule has 3 rings (SSSR count). The van der Waals surface area contributed by atoms with Crippen LogP contribution in [0, 0.1) is 0 Å². The van der Waals surface area contributed by atoms with Crippen molar-refractivity contribution >= 4 is 34.8 Å². The lowest BCUT2D eigenvalue weighted by Crippen LogP contribution is -2.41. The third-order valence-corrected chi connectivity index (χ3v) is 4.11. The van der Waals surface area contributed by atoms with Crippen molar-refractivity contribution in [2.45, 2.75) is 0 Å². The second-order valence-electron chi connectivity index (χ2n) is 5.80. The maximum absolute atomic E-state index is 12.3. The van der Waals surface area contributed by atoms with E-state index < -0.39 is 0 Å². The van der Waals surface area contributed by atoms with Gasteiger partial charge in [-0.05, 0) is 42.5 Å². The van der Waals surface area contributed by atoms with E-state index in [1.807, 2.05) is 0 Å². The lowest BCUT2D eigenvalue weighted by molar-refractivity contribution is -0.121. The van der Waals surface area contributed by atoms with Crippen molar-refractivity contribution in [3.8, 4) is 11.5 Å². The van der Waals surface area contributed by atoms with Crippen LogP contribution >= 0.6 is 11.6 Å². The van der Waals surface area contributed by atoms with Crippen LogP contribution in [0.25, 0.3) is 0 Å². The molecule has 1 heterocycles. The zero-order valence-electron chi connectivity index (χ0n) is 14.7. The number of ether oxygens (including phenoxy) is 3.